The van der Waals surface area contributed by atoms with Gasteiger partial charge in [-0.15, -0.1) is 0 Å². The van der Waals surface area contributed by atoms with Gasteiger partial charge >= 0.3 is 6.03 Å². The van der Waals surface area contributed by atoms with Crippen LogP contribution in [-0.4, -0.2) is 48.4 Å². The fraction of sp³-hybridized carbons (Fsp3) is 0.958. The molecule has 172 valence electrons. The maximum atomic E-state index is 12.8. The predicted octanol–water partition coefficient (Wildman–Crippen LogP) is 5.83. The molecule has 0 aromatic heterocycles. The van der Waals surface area contributed by atoms with Gasteiger partial charge in [0.2, 0.25) is 0 Å². The maximum Gasteiger partial charge on any atom is 0.319 e. The third-order valence-electron chi connectivity index (χ3n) is 5.87. The maximum absolute atomic E-state index is 12.8. The van der Waals surface area contributed by atoms with Gasteiger partial charge in [0.05, 0.1) is 0 Å². The summed E-state index contributed by atoms with van der Waals surface area (Å²) in [6.45, 7) is 12.2. The van der Waals surface area contributed by atoms with Crippen LogP contribution in [0.2, 0.25) is 0 Å². The molecule has 5 nitrogen and oxygen atoms in total. The van der Waals surface area contributed by atoms with Crippen LogP contribution in [0.3, 0.4) is 0 Å². The van der Waals surface area contributed by atoms with E-state index in [2.05, 4.69) is 45.3 Å². The quantitative estimate of drug-likeness (QED) is 0.279. The van der Waals surface area contributed by atoms with Gasteiger partial charge in [-0.1, -0.05) is 64.7 Å². The zero-order valence-corrected chi connectivity index (χ0v) is 20.2. The Bertz CT molecular complexity index is 435. The second-order valence-electron chi connectivity index (χ2n) is 10.3. The van der Waals surface area contributed by atoms with Crippen molar-refractivity contribution in [2.24, 2.45) is 0 Å². The summed E-state index contributed by atoms with van der Waals surface area (Å²) in [5.74, 6) is 0. The lowest BCUT2D eigenvalue weighted by Gasteiger charge is -2.46. The Morgan fingerprint density at radius 2 is 1.41 bits per heavy atom. The molecule has 1 rings (SSSR count). The minimum atomic E-state index is 0.0151. The molecule has 1 saturated heterocycles. The largest absolute Gasteiger partial charge is 0.364 e. The molecule has 0 atom stereocenters. The number of methoxy groups -OCH3 is 1. The highest BCUT2D eigenvalue weighted by atomic mass is 16.5. The average molecular weight is 412 g/mol. The Morgan fingerprint density at radius 3 is 1.90 bits per heavy atom. The van der Waals surface area contributed by atoms with Gasteiger partial charge in [-0.05, 0) is 47.0 Å². The zero-order valence-electron chi connectivity index (χ0n) is 20.2. The number of nitrogens with one attached hydrogen (secondary N) is 2. The van der Waals surface area contributed by atoms with E-state index in [1.54, 1.807) is 7.11 Å². The number of ether oxygens (including phenoxy) is 1. The first-order valence-electron chi connectivity index (χ1n) is 12.0. The lowest BCUT2D eigenvalue weighted by molar-refractivity contribution is 0.0757. The van der Waals surface area contributed by atoms with Gasteiger partial charge in [-0.2, -0.15) is 0 Å². The van der Waals surface area contributed by atoms with Gasteiger partial charge in [-0.25, -0.2) is 4.79 Å². The highest BCUT2D eigenvalue weighted by Gasteiger charge is 2.38. The standard InChI is InChI=1S/C24H49N3O2/c1-7-8-9-10-11-12-13-14-15-16-17-27(20-29-6)22(28)25-21-18-23(2,3)26-24(4,5)19-21/h21,26H,7-20H2,1-6H3,(H,25,28). The summed E-state index contributed by atoms with van der Waals surface area (Å²) in [4.78, 5) is 14.7. The van der Waals surface area contributed by atoms with Crippen LogP contribution in [0.25, 0.3) is 0 Å². The second kappa shape index (κ2) is 13.5. The highest BCUT2D eigenvalue weighted by Crippen LogP contribution is 2.28. The summed E-state index contributed by atoms with van der Waals surface area (Å²) >= 11 is 0. The summed E-state index contributed by atoms with van der Waals surface area (Å²) in [5, 5.41) is 6.94. The summed E-state index contributed by atoms with van der Waals surface area (Å²) < 4.78 is 5.29. The minimum absolute atomic E-state index is 0.0151. The molecule has 2 amide bonds. The van der Waals surface area contributed by atoms with E-state index < -0.39 is 0 Å². The molecule has 0 bridgehead atoms. The summed E-state index contributed by atoms with van der Waals surface area (Å²) in [6.07, 6.45) is 14.9. The smallest absolute Gasteiger partial charge is 0.319 e. The lowest BCUT2D eigenvalue weighted by Crippen LogP contribution is -2.63. The fourth-order valence-corrected chi connectivity index (χ4v) is 4.86. The van der Waals surface area contributed by atoms with E-state index in [1.807, 2.05) is 4.90 Å². The number of amides is 2. The van der Waals surface area contributed by atoms with Crippen molar-refractivity contribution in [3.05, 3.63) is 0 Å². The molecule has 1 heterocycles. The van der Waals surface area contributed by atoms with E-state index in [1.165, 1.54) is 57.8 Å². The van der Waals surface area contributed by atoms with Crippen LogP contribution in [0, 0.1) is 0 Å². The Labute approximate surface area is 180 Å². The van der Waals surface area contributed by atoms with E-state index in [9.17, 15) is 4.79 Å². The third-order valence-corrected chi connectivity index (χ3v) is 5.87. The molecule has 1 aliphatic rings. The molecule has 0 saturated carbocycles. The predicted molar refractivity (Wildman–Crippen MR) is 123 cm³/mol. The molecule has 1 fully saturated rings. The second-order valence-corrected chi connectivity index (χ2v) is 10.3. The van der Waals surface area contributed by atoms with Gasteiger partial charge in [0.25, 0.3) is 0 Å². The first kappa shape index (κ1) is 26.2. The van der Waals surface area contributed by atoms with Gasteiger partial charge in [0.15, 0.2) is 0 Å². The first-order valence-corrected chi connectivity index (χ1v) is 12.0. The number of carbonyl (C=O) groups is 1. The van der Waals surface area contributed by atoms with Crippen LogP contribution in [-0.2, 0) is 4.74 Å². The van der Waals surface area contributed by atoms with E-state index >= 15 is 0 Å². The van der Waals surface area contributed by atoms with E-state index in [0.29, 0.717) is 6.73 Å². The molecule has 0 aliphatic carbocycles. The molecule has 0 aromatic rings. The lowest BCUT2D eigenvalue weighted by atomic mass is 9.80. The van der Waals surface area contributed by atoms with Gasteiger partial charge in [-0.3, -0.25) is 0 Å². The minimum Gasteiger partial charge on any atom is -0.364 e. The molecule has 2 N–H and O–H groups in total. The van der Waals surface area contributed by atoms with Crippen LogP contribution in [0.15, 0.2) is 0 Å². The van der Waals surface area contributed by atoms with Crippen molar-refractivity contribution >= 4 is 6.03 Å². The molecule has 0 spiro atoms. The van der Waals surface area contributed by atoms with Gasteiger partial charge in [0.1, 0.15) is 6.73 Å². The molecule has 0 unspecified atom stereocenters. The highest BCUT2D eigenvalue weighted by molar-refractivity contribution is 5.74. The topological polar surface area (TPSA) is 53.6 Å². The monoisotopic (exact) mass is 411 g/mol. The van der Waals surface area contributed by atoms with Crippen molar-refractivity contribution in [1.29, 1.82) is 0 Å². The van der Waals surface area contributed by atoms with Crippen LogP contribution < -0.4 is 10.6 Å². The third kappa shape index (κ3) is 11.8. The molecular formula is C24H49N3O2. The molecule has 0 aromatic carbocycles. The Morgan fingerprint density at radius 1 is 0.931 bits per heavy atom. The SMILES string of the molecule is CCCCCCCCCCCCN(COC)C(=O)NC1CC(C)(C)NC(C)(C)C1. The fourth-order valence-electron chi connectivity index (χ4n) is 4.86. The average Bonchev–Trinajstić information content (AvgIpc) is 2.59. The van der Waals surface area contributed by atoms with Crippen molar-refractivity contribution < 1.29 is 9.53 Å². The molecular weight excluding hydrogens is 362 g/mol. The van der Waals surface area contributed by atoms with Crippen molar-refractivity contribution in [1.82, 2.24) is 15.5 Å². The van der Waals surface area contributed by atoms with E-state index in [4.69, 9.17) is 4.74 Å². The molecule has 1 aliphatic heterocycles. The van der Waals surface area contributed by atoms with E-state index in [0.717, 1.165) is 25.8 Å². The number of urea groups is 1. The Hall–Kier alpha value is -0.810. The summed E-state index contributed by atoms with van der Waals surface area (Å²) in [6, 6.07) is 0.210. The number of piperidine rings is 1. The number of carbonyl (C=O) groups excluding carboxylic acids is 1. The number of hydrogen-bond acceptors (Lipinski definition) is 3. The number of nitrogens with zero attached hydrogens (tertiary/aromatic N) is 1. The van der Waals surface area contributed by atoms with Gasteiger partial charge < -0.3 is 20.3 Å². The molecule has 5 heteroatoms. The normalized spacial score (nSPS) is 18.6. The van der Waals surface area contributed by atoms with Crippen LogP contribution in [0.1, 0.15) is 112 Å². The van der Waals surface area contributed by atoms with Crippen LogP contribution in [0.5, 0.6) is 0 Å². The number of unbranched alkanes of at least 4 members (excludes halogenated alkanes) is 9. The van der Waals surface area contributed by atoms with E-state index in [-0.39, 0.29) is 23.2 Å². The van der Waals surface area contributed by atoms with Crippen molar-refractivity contribution in [3.8, 4) is 0 Å². The number of rotatable bonds is 14. The molecule has 29 heavy (non-hydrogen) atoms. The molecule has 0 radical (unpaired) electrons. The van der Waals surface area contributed by atoms with Crippen LogP contribution >= 0.6 is 0 Å². The number of hydrogen-bond donors (Lipinski definition) is 2. The van der Waals surface area contributed by atoms with Crippen molar-refractivity contribution in [2.75, 3.05) is 20.4 Å². The first-order chi connectivity index (χ1) is 13.7. The summed E-state index contributed by atoms with van der Waals surface area (Å²) in [5.41, 5.74) is 0.0602. The van der Waals surface area contributed by atoms with Crippen molar-refractivity contribution in [2.45, 2.75) is 129 Å². The Balaban J connectivity index is 2.28. The van der Waals surface area contributed by atoms with Gasteiger partial charge in [0, 0.05) is 30.8 Å². The summed E-state index contributed by atoms with van der Waals surface area (Å²) in [7, 11) is 1.66. The van der Waals surface area contributed by atoms with Crippen LogP contribution in [0.4, 0.5) is 4.79 Å². The zero-order chi connectivity index (χ0) is 21.8. The Kier molecular flexibility index (Phi) is 12.2. The van der Waals surface area contributed by atoms with Crippen molar-refractivity contribution in [3.63, 3.8) is 0 Å².